The van der Waals surface area contributed by atoms with Crippen LogP contribution in [-0.4, -0.2) is 9.97 Å². The maximum absolute atomic E-state index is 13.3. The van der Waals surface area contributed by atoms with Crippen LogP contribution in [0.3, 0.4) is 0 Å². The first-order valence-corrected chi connectivity index (χ1v) is 5.93. The topological polar surface area (TPSA) is 51.8 Å². The number of anilines is 1. The molecule has 0 atom stereocenters. The molecule has 2 N–H and O–H groups in total. The van der Waals surface area contributed by atoms with Crippen LogP contribution >= 0.6 is 0 Å². The second kappa shape index (κ2) is 4.31. The molecule has 3 rings (SSSR count). The number of rotatable bonds is 1. The molecular weight excluding hydrogens is 241 g/mol. The average molecular weight is 253 g/mol. The van der Waals surface area contributed by atoms with Gasteiger partial charge in [0.25, 0.3) is 0 Å². The van der Waals surface area contributed by atoms with Crippen molar-refractivity contribution < 1.29 is 4.39 Å². The minimum atomic E-state index is -0.333. The van der Waals surface area contributed by atoms with E-state index in [9.17, 15) is 4.39 Å². The normalized spacial score (nSPS) is 10.8. The van der Waals surface area contributed by atoms with Crippen molar-refractivity contribution in [1.82, 2.24) is 9.97 Å². The Hall–Kier alpha value is -2.49. The lowest BCUT2D eigenvalue weighted by Gasteiger charge is -2.06. The first-order valence-electron chi connectivity index (χ1n) is 5.93. The molecule has 0 aliphatic heterocycles. The summed E-state index contributed by atoms with van der Waals surface area (Å²) in [6.07, 6.45) is 0. The Balaban J connectivity index is 2.22. The van der Waals surface area contributed by atoms with Crippen molar-refractivity contribution in [2.24, 2.45) is 0 Å². The van der Waals surface area contributed by atoms with Gasteiger partial charge in [-0.15, -0.1) is 0 Å². The quantitative estimate of drug-likeness (QED) is 0.723. The van der Waals surface area contributed by atoms with Crippen LogP contribution in [0.1, 0.15) is 5.56 Å². The van der Waals surface area contributed by atoms with Crippen molar-refractivity contribution in [2.75, 3.05) is 5.73 Å². The molecule has 4 heteroatoms. The third-order valence-corrected chi connectivity index (χ3v) is 3.00. The van der Waals surface area contributed by atoms with Gasteiger partial charge in [0.05, 0.1) is 5.52 Å². The van der Waals surface area contributed by atoms with Crippen molar-refractivity contribution >= 4 is 16.7 Å². The van der Waals surface area contributed by atoms with Gasteiger partial charge in [0.15, 0.2) is 5.82 Å². The van der Waals surface area contributed by atoms with Crippen LogP contribution in [0, 0.1) is 12.7 Å². The van der Waals surface area contributed by atoms with Gasteiger partial charge in [-0.1, -0.05) is 29.8 Å². The second-order valence-corrected chi connectivity index (χ2v) is 4.46. The summed E-state index contributed by atoms with van der Waals surface area (Å²) >= 11 is 0. The van der Waals surface area contributed by atoms with Crippen LogP contribution in [0.15, 0.2) is 42.5 Å². The molecule has 3 nitrogen and oxygen atoms in total. The Bertz CT molecular complexity index is 751. The smallest absolute Gasteiger partial charge is 0.162 e. The predicted octanol–water partition coefficient (Wildman–Crippen LogP) is 3.33. The predicted molar refractivity (Wildman–Crippen MR) is 74.1 cm³/mol. The maximum Gasteiger partial charge on any atom is 0.162 e. The fourth-order valence-corrected chi connectivity index (χ4v) is 1.96. The number of nitrogen functional groups attached to an aromatic ring is 1. The molecule has 19 heavy (non-hydrogen) atoms. The van der Waals surface area contributed by atoms with Crippen molar-refractivity contribution in [1.29, 1.82) is 0 Å². The number of hydrogen-bond donors (Lipinski definition) is 1. The van der Waals surface area contributed by atoms with Gasteiger partial charge in [0.2, 0.25) is 0 Å². The van der Waals surface area contributed by atoms with Crippen molar-refractivity contribution in [2.45, 2.75) is 6.92 Å². The minimum Gasteiger partial charge on any atom is -0.383 e. The highest BCUT2D eigenvalue weighted by molar-refractivity contribution is 5.89. The second-order valence-electron chi connectivity index (χ2n) is 4.46. The van der Waals surface area contributed by atoms with Crippen LogP contribution in [0.25, 0.3) is 22.3 Å². The van der Waals surface area contributed by atoms with Gasteiger partial charge in [-0.3, -0.25) is 0 Å². The maximum atomic E-state index is 13.3. The summed E-state index contributed by atoms with van der Waals surface area (Å²) in [5.41, 5.74) is 8.44. The number of fused-ring (bicyclic) bond motifs is 1. The summed E-state index contributed by atoms with van der Waals surface area (Å²) < 4.78 is 13.3. The van der Waals surface area contributed by atoms with Gasteiger partial charge in [0.1, 0.15) is 11.6 Å². The molecule has 0 aliphatic carbocycles. The molecule has 1 aromatic heterocycles. The molecule has 0 saturated heterocycles. The van der Waals surface area contributed by atoms with Gasteiger partial charge in [-0.2, -0.15) is 0 Å². The fourth-order valence-electron chi connectivity index (χ4n) is 1.96. The number of nitrogens with two attached hydrogens (primary N) is 1. The van der Waals surface area contributed by atoms with Gasteiger partial charge in [0, 0.05) is 17.0 Å². The first kappa shape index (κ1) is 11.6. The lowest BCUT2D eigenvalue weighted by atomic mass is 10.1. The highest BCUT2D eigenvalue weighted by Gasteiger charge is 2.07. The number of aromatic nitrogens is 2. The Kier molecular flexibility index (Phi) is 2.63. The molecule has 0 amide bonds. The van der Waals surface area contributed by atoms with Crippen LogP contribution < -0.4 is 5.73 Å². The zero-order chi connectivity index (χ0) is 13.4. The van der Waals surface area contributed by atoms with Crippen LogP contribution in [0.4, 0.5) is 10.2 Å². The van der Waals surface area contributed by atoms with E-state index in [2.05, 4.69) is 9.97 Å². The summed E-state index contributed by atoms with van der Waals surface area (Å²) in [5.74, 6) is 0.539. The molecule has 0 aliphatic rings. The van der Waals surface area contributed by atoms with E-state index in [-0.39, 0.29) is 5.82 Å². The molecule has 0 fully saturated rings. The third kappa shape index (κ3) is 2.12. The van der Waals surface area contributed by atoms with E-state index in [1.165, 1.54) is 12.1 Å². The van der Waals surface area contributed by atoms with E-state index in [0.29, 0.717) is 22.5 Å². The number of halogens is 1. The Morgan fingerprint density at radius 1 is 1.00 bits per heavy atom. The highest BCUT2D eigenvalue weighted by atomic mass is 19.1. The van der Waals surface area contributed by atoms with E-state index in [0.717, 1.165) is 11.1 Å². The molecule has 94 valence electrons. The molecule has 0 bridgehead atoms. The van der Waals surface area contributed by atoms with Crippen LogP contribution in [0.5, 0.6) is 0 Å². The van der Waals surface area contributed by atoms with E-state index < -0.39 is 0 Å². The zero-order valence-corrected chi connectivity index (χ0v) is 10.4. The number of aryl methyl sites for hydroxylation is 1. The average Bonchev–Trinajstić information content (AvgIpc) is 2.38. The van der Waals surface area contributed by atoms with E-state index in [1.807, 2.05) is 31.2 Å². The monoisotopic (exact) mass is 253 g/mol. The molecule has 0 spiro atoms. The molecule has 0 saturated carbocycles. The molecular formula is C15H12FN3. The van der Waals surface area contributed by atoms with Crippen molar-refractivity contribution in [3.8, 4) is 11.4 Å². The summed E-state index contributed by atoms with van der Waals surface area (Å²) in [7, 11) is 0. The van der Waals surface area contributed by atoms with Crippen LogP contribution in [-0.2, 0) is 0 Å². The number of nitrogens with zero attached hydrogens (tertiary/aromatic N) is 2. The molecule has 0 unspecified atom stereocenters. The van der Waals surface area contributed by atoms with E-state index >= 15 is 0 Å². The summed E-state index contributed by atoms with van der Waals surface area (Å²) in [6, 6.07) is 12.1. The first-order chi connectivity index (χ1) is 9.13. The van der Waals surface area contributed by atoms with Crippen molar-refractivity contribution in [3.63, 3.8) is 0 Å². The molecule has 1 heterocycles. The number of hydrogen-bond acceptors (Lipinski definition) is 3. The summed E-state index contributed by atoms with van der Waals surface area (Å²) in [4.78, 5) is 8.64. The fraction of sp³-hybridized carbons (Fsp3) is 0.0667. The Morgan fingerprint density at radius 3 is 2.47 bits per heavy atom. The van der Waals surface area contributed by atoms with Crippen LogP contribution in [0.2, 0.25) is 0 Å². The standard InChI is InChI=1S/C15H12FN3/c1-9-2-4-10(5-3-9)15-18-13-8-11(16)6-7-12(13)14(17)19-15/h2-8H,1H3,(H2,17,18,19). The Morgan fingerprint density at radius 2 is 1.74 bits per heavy atom. The zero-order valence-electron chi connectivity index (χ0n) is 10.4. The minimum absolute atomic E-state index is 0.333. The SMILES string of the molecule is Cc1ccc(-c2nc(N)c3ccc(F)cc3n2)cc1. The largest absolute Gasteiger partial charge is 0.383 e. The Labute approximate surface area is 109 Å². The number of benzene rings is 2. The van der Waals surface area contributed by atoms with Gasteiger partial charge in [-0.25, -0.2) is 14.4 Å². The molecule has 3 aromatic rings. The molecule has 2 aromatic carbocycles. The lowest BCUT2D eigenvalue weighted by molar-refractivity contribution is 0.629. The van der Waals surface area contributed by atoms with E-state index in [4.69, 9.17) is 5.73 Å². The van der Waals surface area contributed by atoms with Gasteiger partial charge in [-0.05, 0) is 19.1 Å². The highest BCUT2D eigenvalue weighted by Crippen LogP contribution is 2.23. The van der Waals surface area contributed by atoms with Gasteiger partial charge >= 0.3 is 0 Å². The van der Waals surface area contributed by atoms with Gasteiger partial charge < -0.3 is 5.73 Å². The third-order valence-electron chi connectivity index (χ3n) is 3.00. The lowest BCUT2D eigenvalue weighted by Crippen LogP contribution is -1.98. The molecule has 0 radical (unpaired) electrons. The summed E-state index contributed by atoms with van der Waals surface area (Å²) in [6.45, 7) is 2.01. The summed E-state index contributed by atoms with van der Waals surface area (Å²) in [5, 5.41) is 0.664. The van der Waals surface area contributed by atoms with E-state index in [1.54, 1.807) is 6.07 Å². The van der Waals surface area contributed by atoms with Crippen molar-refractivity contribution in [3.05, 3.63) is 53.8 Å².